The summed E-state index contributed by atoms with van der Waals surface area (Å²) < 4.78 is 5.42. The van der Waals surface area contributed by atoms with Crippen molar-refractivity contribution >= 4 is 0 Å². The van der Waals surface area contributed by atoms with Crippen LogP contribution in [0.5, 0.6) is 0 Å². The molecule has 2 N–H and O–H groups in total. The van der Waals surface area contributed by atoms with Gasteiger partial charge in [-0.05, 0) is 31.5 Å². The van der Waals surface area contributed by atoms with Gasteiger partial charge in [0.2, 0.25) is 0 Å². The molecular formula is C14H22N2O. The Labute approximate surface area is 104 Å². The number of hydrogen-bond acceptors (Lipinski definition) is 3. The summed E-state index contributed by atoms with van der Waals surface area (Å²) in [5.74, 6) is 0. The molecular weight excluding hydrogens is 212 g/mol. The van der Waals surface area contributed by atoms with Crippen LogP contribution in [0.15, 0.2) is 30.3 Å². The molecule has 1 aromatic rings. The SMILES string of the molecule is c1ccc(CCNCCC2COCCN2)cc1. The van der Waals surface area contributed by atoms with E-state index in [4.69, 9.17) is 4.74 Å². The van der Waals surface area contributed by atoms with Gasteiger partial charge >= 0.3 is 0 Å². The van der Waals surface area contributed by atoms with Crippen molar-refractivity contribution in [2.45, 2.75) is 18.9 Å². The third kappa shape index (κ3) is 4.86. The summed E-state index contributed by atoms with van der Waals surface area (Å²) in [7, 11) is 0. The van der Waals surface area contributed by atoms with Gasteiger partial charge < -0.3 is 15.4 Å². The van der Waals surface area contributed by atoms with Gasteiger partial charge in [0.1, 0.15) is 0 Å². The van der Waals surface area contributed by atoms with E-state index in [9.17, 15) is 0 Å². The maximum Gasteiger partial charge on any atom is 0.0620 e. The van der Waals surface area contributed by atoms with Crippen molar-refractivity contribution < 1.29 is 4.74 Å². The molecule has 0 radical (unpaired) electrons. The number of nitrogens with one attached hydrogen (secondary N) is 2. The van der Waals surface area contributed by atoms with Crippen LogP contribution in [0.4, 0.5) is 0 Å². The van der Waals surface area contributed by atoms with Gasteiger partial charge in [-0.3, -0.25) is 0 Å². The lowest BCUT2D eigenvalue weighted by molar-refractivity contribution is 0.0743. The molecule has 0 spiro atoms. The molecule has 0 aliphatic carbocycles. The van der Waals surface area contributed by atoms with E-state index >= 15 is 0 Å². The zero-order valence-electron chi connectivity index (χ0n) is 10.3. The first kappa shape index (κ1) is 12.6. The van der Waals surface area contributed by atoms with Crippen LogP contribution >= 0.6 is 0 Å². The number of benzene rings is 1. The molecule has 2 rings (SSSR count). The summed E-state index contributed by atoms with van der Waals surface area (Å²) in [4.78, 5) is 0. The summed E-state index contributed by atoms with van der Waals surface area (Å²) in [6.07, 6.45) is 2.25. The Balaban J connectivity index is 1.51. The van der Waals surface area contributed by atoms with Crippen LogP contribution < -0.4 is 10.6 Å². The summed E-state index contributed by atoms with van der Waals surface area (Å²) in [5, 5.41) is 6.95. The lowest BCUT2D eigenvalue weighted by atomic mass is 10.1. The predicted octanol–water partition coefficient (Wildman–Crippen LogP) is 1.20. The zero-order valence-corrected chi connectivity index (χ0v) is 10.3. The van der Waals surface area contributed by atoms with E-state index in [1.807, 2.05) is 0 Å². The van der Waals surface area contributed by atoms with Crippen molar-refractivity contribution in [2.75, 3.05) is 32.8 Å². The van der Waals surface area contributed by atoms with Gasteiger partial charge in [0.15, 0.2) is 0 Å². The lowest BCUT2D eigenvalue weighted by Crippen LogP contribution is -2.42. The first-order valence-electron chi connectivity index (χ1n) is 6.51. The number of hydrogen-bond donors (Lipinski definition) is 2. The molecule has 1 atom stereocenters. The smallest absolute Gasteiger partial charge is 0.0620 e. The van der Waals surface area contributed by atoms with Crippen LogP contribution in [0, 0.1) is 0 Å². The molecule has 0 aromatic heterocycles. The number of ether oxygens (including phenoxy) is 1. The lowest BCUT2D eigenvalue weighted by Gasteiger charge is -2.23. The fourth-order valence-electron chi connectivity index (χ4n) is 2.08. The van der Waals surface area contributed by atoms with Crippen molar-refractivity contribution in [1.29, 1.82) is 0 Å². The third-order valence-electron chi connectivity index (χ3n) is 3.10. The highest BCUT2D eigenvalue weighted by molar-refractivity contribution is 5.14. The van der Waals surface area contributed by atoms with E-state index in [2.05, 4.69) is 41.0 Å². The monoisotopic (exact) mass is 234 g/mol. The van der Waals surface area contributed by atoms with Crippen molar-refractivity contribution in [3.05, 3.63) is 35.9 Å². The summed E-state index contributed by atoms with van der Waals surface area (Å²) in [6, 6.07) is 11.1. The van der Waals surface area contributed by atoms with Gasteiger partial charge in [0.25, 0.3) is 0 Å². The minimum atomic E-state index is 0.535. The zero-order chi connectivity index (χ0) is 11.8. The van der Waals surface area contributed by atoms with Crippen LogP contribution in [0.3, 0.4) is 0 Å². The quantitative estimate of drug-likeness (QED) is 0.726. The molecule has 0 amide bonds. The molecule has 0 saturated carbocycles. The summed E-state index contributed by atoms with van der Waals surface area (Å²) >= 11 is 0. The largest absolute Gasteiger partial charge is 0.379 e. The van der Waals surface area contributed by atoms with Crippen LogP contribution in [0.1, 0.15) is 12.0 Å². The molecule has 3 nitrogen and oxygen atoms in total. The highest BCUT2D eigenvalue weighted by Gasteiger charge is 2.11. The molecule has 1 unspecified atom stereocenters. The van der Waals surface area contributed by atoms with E-state index in [-0.39, 0.29) is 0 Å². The summed E-state index contributed by atoms with van der Waals surface area (Å²) in [5.41, 5.74) is 1.40. The van der Waals surface area contributed by atoms with Crippen LogP contribution in [-0.4, -0.2) is 38.9 Å². The van der Waals surface area contributed by atoms with Crippen molar-refractivity contribution in [2.24, 2.45) is 0 Å². The molecule has 1 heterocycles. The third-order valence-corrected chi connectivity index (χ3v) is 3.10. The second-order valence-corrected chi connectivity index (χ2v) is 4.50. The Morgan fingerprint density at radius 1 is 1.24 bits per heavy atom. The van der Waals surface area contributed by atoms with Gasteiger partial charge in [-0.2, -0.15) is 0 Å². The van der Waals surface area contributed by atoms with Crippen LogP contribution in [0.25, 0.3) is 0 Å². The van der Waals surface area contributed by atoms with Gasteiger partial charge in [0.05, 0.1) is 13.2 Å². The molecule has 94 valence electrons. The minimum Gasteiger partial charge on any atom is -0.379 e. The first-order valence-corrected chi connectivity index (χ1v) is 6.51. The van der Waals surface area contributed by atoms with Gasteiger partial charge in [0, 0.05) is 12.6 Å². The minimum absolute atomic E-state index is 0.535. The molecule has 1 fully saturated rings. The Hall–Kier alpha value is -0.900. The van der Waals surface area contributed by atoms with E-state index in [0.29, 0.717) is 6.04 Å². The fourth-order valence-corrected chi connectivity index (χ4v) is 2.08. The van der Waals surface area contributed by atoms with Gasteiger partial charge in [-0.1, -0.05) is 30.3 Å². The average molecular weight is 234 g/mol. The second kappa shape index (κ2) is 7.43. The number of morpholine rings is 1. The fraction of sp³-hybridized carbons (Fsp3) is 0.571. The van der Waals surface area contributed by atoms with E-state index < -0.39 is 0 Å². The average Bonchev–Trinajstić information content (AvgIpc) is 2.41. The Bertz CT molecular complexity index is 296. The topological polar surface area (TPSA) is 33.3 Å². The maximum atomic E-state index is 5.42. The van der Waals surface area contributed by atoms with Crippen LogP contribution in [-0.2, 0) is 11.2 Å². The molecule has 1 aliphatic rings. The van der Waals surface area contributed by atoms with E-state index in [0.717, 1.165) is 45.7 Å². The van der Waals surface area contributed by atoms with Gasteiger partial charge in [-0.25, -0.2) is 0 Å². The normalized spacial score (nSPS) is 20.4. The molecule has 1 saturated heterocycles. The molecule has 3 heteroatoms. The Kier molecular flexibility index (Phi) is 5.49. The van der Waals surface area contributed by atoms with Crippen molar-refractivity contribution in [3.63, 3.8) is 0 Å². The van der Waals surface area contributed by atoms with Crippen LogP contribution in [0.2, 0.25) is 0 Å². The highest BCUT2D eigenvalue weighted by atomic mass is 16.5. The maximum absolute atomic E-state index is 5.42. The number of rotatable bonds is 6. The van der Waals surface area contributed by atoms with Crippen molar-refractivity contribution in [1.82, 2.24) is 10.6 Å². The Morgan fingerprint density at radius 3 is 2.88 bits per heavy atom. The Morgan fingerprint density at radius 2 is 2.12 bits per heavy atom. The standard InChI is InChI=1S/C14H22N2O/c1-2-4-13(5-3-1)6-8-15-9-7-14-12-17-11-10-16-14/h1-5,14-16H,6-12H2. The predicted molar refractivity (Wildman–Crippen MR) is 70.2 cm³/mol. The van der Waals surface area contributed by atoms with E-state index in [1.54, 1.807) is 0 Å². The highest BCUT2D eigenvalue weighted by Crippen LogP contribution is 1.99. The van der Waals surface area contributed by atoms with E-state index in [1.165, 1.54) is 5.56 Å². The first-order chi connectivity index (χ1) is 8.45. The molecule has 1 aromatic carbocycles. The van der Waals surface area contributed by atoms with Gasteiger partial charge in [-0.15, -0.1) is 0 Å². The second-order valence-electron chi connectivity index (χ2n) is 4.50. The summed E-state index contributed by atoms with van der Waals surface area (Å²) in [6.45, 7) is 4.83. The molecule has 1 aliphatic heterocycles. The molecule has 0 bridgehead atoms. The van der Waals surface area contributed by atoms with Crippen molar-refractivity contribution in [3.8, 4) is 0 Å². The molecule has 17 heavy (non-hydrogen) atoms.